The van der Waals surface area contributed by atoms with Gasteiger partial charge in [-0.15, -0.1) is 0 Å². The number of benzene rings is 1. The second kappa shape index (κ2) is 7.29. The molecule has 0 unspecified atom stereocenters. The van der Waals surface area contributed by atoms with Crippen molar-refractivity contribution in [3.63, 3.8) is 0 Å². The van der Waals surface area contributed by atoms with Gasteiger partial charge in [0.2, 0.25) is 5.91 Å². The Morgan fingerprint density at radius 1 is 1.27 bits per heavy atom. The number of amides is 2. The molecule has 1 N–H and O–H groups in total. The van der Waals surface area contributed by atoms with E-state index in [9.17, 15) is 9.59 Å². The SMILES string of the molecule is CC[C@@H]1[C@H]2CCCC(=O)N3CC[C@@H](C[C@@H]1OC(=O)Nc1ccccc1)[C@@H]23. The van der Waals surface area contributed by atoms with E-state index < -0.39 is 0 Å². The normalized spacial score (nSPS) is 33.3. The van der Waals surface area contributed by atoms with Crippen LogP contribution in [0.15, 0.2) is 30.3 Å². The largest absolute Gasteiger partial charge is 0.446 e. The van der Waals surface area contributed by atoms with Crippen molar-refractivity contribution in [2.45, 2.75) is 57.6 Å². The summed E-state index contributed by atoms with van der Waals surface area (Å²) in [7, 11) is 0. The van der Waals surface area contributed by atoms with Crippen molar-refractivity contribution in [3.05, 3.63) is 30.3 Å². The van der Waals surface area contributed by atoms with Crippen molar-refractivity contribution in [3.8, 4) is 0 Å². The number of ether oxygens (including phenoxy) is 1. The van der Waals surface area contributed by atoms with Crippen LogP contribution in [0, 0.1) is 17.8 Å². The average Bonchev–Trinajstić information content (AvgIpc) is 2.98. The number of carbonyl (C=O) groups excluding carboxylic acids is 2. The van der Waals surface area contributed by atoms with Crippen molar-refractivity contribution in [2.75, 3.05) is 11.9 Å². The number of anilines is 1. The minimum absolute atomic E-state index is 0.0527. The summed E-state index contributed by atoms with van der Waals surface area (Å²) in [5.74, 6) is 1.60. The molecule has 5 heteroatoms. The van der Waals surface area contributed by atoms with Crippen LogP contribution in [-0.4, -0.2) is 35.6 Å². The maximum Gasteiger partial charge on any atom is 0.411 e. The van der Waals surface area contributed by atoms with E-state index in [-0.39, 0.29) is 12.2 Å². The molecule has 140 valence electrons. The van der Waals surface area contributed by atoms with Crippen molar-refractivity contribution < 1.29 is 14.3 Å². The Morgan fingerprint density at radius 3 is 2.85 bits per heavy atom. The molecule has 1 aromatic carbocycles. The second-order valence-electron chi connectivity index (χ2n) is 7.93. The monoisotopic (exact) mass is 356 g/mol. The first-order valence-corrected chi connectivity index (χ1v) is 9.99. The van der Waals surface area contributed by atoms with Crippen LogP contribution in [0.1, 0.15) is 45.4 Å². The van der Waals surface area contributed by atoms with Gasteiger partial charge >= 0.3 is 6.09 Å². The van der Waals surface area contributed by atoms with Gasteiger partial charge in [0.05, 0.1) is 0 Å². The Bertz CT molecular complexity index is 662. The smallest absolute Gasteiger partial charge is 0.411 e. The highest BCUT2D eigenvalue weighted by Gasteiger charge is 2.52. The quantitative estimate of drug-likeness (QED) is 0.889. The van der Waals surface area contributed by atoms with E-state index in [0.29, 0.717) is 36.1 Å². The molecular formula is C21H28N2O3. The molecule has 5 nitrogen and oxygen atoms in total. The Kier molecular flexibility index (Phi) is 4.88. The molecule has 2 saturated heterocycles. The molecule has 0 bridgehead atoms. The molecule has 2 heterocycles. The Hall–Kier alpha value is -2.04. The highest BCUT2D eigenvalue weighted by atomic mass is 16.6. The first-order chi connectivity index (χ1) is 12.7. The molecule has 3 fully saturated rings. The van der Waals surface area contributed by atoms with E-state index in [1.165, 1.54) is 0 Å². The van der Waals surface area contributed by atoms with E-state index in [1.54, 1.807) is 0 Å². The van der Waals surface area contributed by atoms with Crippen LogP contribution < -0.4 is 5.32 Å². The maximum absolute atomic E-state index is 12.4. The van der Waals surface area contributed by atoms with Gasteiger partial charge in [0.1, 0.15) is 6.10 Å². The number of carbonyl (C=O) groups is 2. The van der Waals surface area contributed by atoms with E-state index in [0.717, 1.165) is 44.3 Å². The number of hydrogen-bond donors (Lipinski definition) is 1. The molecule has 1 saturated carbocycles. The summed E-state index contributed by atoms with van der Waals surface area (Å²) >= 11 is 0. The predicted molar refractivity (Wildman–Crippen MR) is 99.7 cm³/mol. The van der Waals surface area contributed by atoms with Crippen molar-refractivity contribution in [2.24, 2.45) is 17.8 Å². The fourth-order valence-electron chi connectivity index (χ4n) is 5.54. The van der Waals surface area contributed by atoms with Crippen LogP contribution in [-0.2, 0) is 9.53 Å². The Balaban J connectivity index is 1.49. The van der Waals surface area contributed by atoms with Crippen LogP contribution in [0.3, 0.4) is 0 Å². The summed E-state index contributed by atoms with van der Waals surface area (Å²) in [6, 6.07) is 9.80. The van der Waals surface area contributed by atoms with Gasteiger partial charge in [-0.25, -0.2) is 4.79 Å². The van der Waals surface area contributed by atoms with Gasteiger partial charge in [0.25, 0.3) is 0 Å². The summed E-state index contributed by atoms with van der Waals surface area (Å²) in [6.07, 6.45) is 5.20. The van der Waals surface area contributed by atoms with Gasteiger partial charge in [-0.3, -0.25) is 10.1 Å². The molecule has 0 aromatic heterocycles. The van der Waals surface area contributed by atoms with E-state index in [4.69, 9.17) is 4.74 Å². The zero-order chi connectivity index (χ0) is 18.1. The second-order valence-corrected chi connectivity index (χ2v) is 7.93. The number of hydrogen-bond acceptors (Lipinski definition) is 3. The molecule has 3 aliphatic rings. The minimum atomic E-state index is -0.363. The lowest BCUT2D eigenvalue weighted by atomic mass is 9.67. The van der Waals surface area contributed by atoms with Crippen LogP contribution in [0.5, 0.6) is 0 Å². The highest BCUT2D eigenvalue weighted by molar-refractivity contribution is 5.84. The Morgan fingerprint density at radius 2 is 2.08 bits per heavy atom. The fourth-order valence-corrected chi connectivity index (χ4v) is 5.54. The third-order valence-electron chi connectivity index (χ3n) is 6.58. The van der Waals surface area contributed by atoms with Crippen LogP contribution in [0.2, 0.25) is 0 Å². The molecule has 1 aromatic rings. The zero-order valence-electron chi connectivity index (χ0n) is 15.4. The number of nitrogens with one attached hydrogen (secondary N) is 1. The fraction of sp³-hybridized carbons (Fsp3) is 0.619. The first-order valence-electron chi connectivity index (χ1n) is 9.99. The van der Waals surface area contributed by atoms with Gasteiger partial charge in [0.15, 0.2) is 0 Å². The third-order valence-corrected chi connectivity index (χ3v) is 6.58. The molecular weight excluding hydrogens is 328 g/mol. The molecule has 0 radical (unpaired) electrons. The lowest BCUT2D eigenvalue weighted by molar-refractivity contribution is -0.134. The standard InChI is InChI=1S/C21H28N2O3/c1-2-16-17-9-6-10-19(24)23-12-11-14(20(17)23)13-18(16)26-21(25)22-15-7-4-3-5-8-15/h3-5,7-8,14,16-18,20H,2,6,9-13H2,1H3,(H,22,25)/t14-,16+,17+,18-,20-/m0/s1. The highest BCUT2D eigenvalue weighted by Crippen LogP contribution is 2.48. The van der Waals surface area contributed by atoms with Crippen LogP contribution >= 0.6 is 0 Å². The average molecular weight is 356 g/mol. The number of para-hydroxylation sites is 1. The molecule has 0 spiro atoms. The van der Waals surface area contributed by atoms with Crippen molar-refractivity contribution >= 4 is 17.7 Å². The predicted octanol–water partition coefficient (Wildman–Crippen LogP) is 4.05. The first kappa shape index (κ1) is 17.4. The summed E-state index contributed by atoms with van der Waals surface area (Å²) in [5.41, 5.74) is 0.756. The molecule has 1 aliphatic carbocycles. The lowest BCUT2D eigenvalue weighted by Gasteiger charge is -2.45. The maximum atomic E-state index is 12.4. The van der Waals surface area contributed by atoms with Gasteiger partial charge in [-0.05, 0) is 56.1 Å². The van der Waals surface area contributed by atoms with E-state index in [1.807, 2.05) is 30.3 Å². The summed E-state index contributed by atoms with van der Waals surface area (Å²) in [4.78, 5) is 27.0. The van der Waals surface area contributed by atoms with Gasteiger partial charge in [-0.1, -0.05) is 25.1 Å². The molecule has 5 atom stereocenters. The van der Waals surface area contributed by atoms with E-state index >= 15 is 0 Å². The van der Waals surface area contributed by atoms with Gasteiger partial charge < -0.3 is 9.64 Å². The van der Waals surface area contributed by atoms with E-state index in [2.05, 4.69) is 17.1 Å². The summed E-state index contributed by atoms with van der Waals surface area (Å²) in [6.45, 7) is 3.06. The Labute approximate surface area is 155 Å². The zero-order valence-corrected chi connectivity index (χ0v) is 15.4. The van der Waals surface area contributed by atoms with Gasteiger partial charge in [-0.2, -0.15) is 0 Å². The van der Waals surface area contributed by atoms with Crippen molar-refractivity contribution in [1.29, 1.82) is 0 Å². The summed E-state index contributed by atoms with van der Waals surface area (Å²) in [5, 5.41) is 2.84. The van der Waals surface area contributed by atoms with Gasteiger partial charge in [0, 0.05) is 30.6 Å². The van der Waals surface area contributed by atoms with Crippen LogP contribution in [0.4, 0.5) is 10.5 Å². The number of nitrogens with zero attached hydrogens (tertiary/aromatic N) is 1. The van der Waals surface area contributed by atoms with Crippen molar-refractivity contribution in [1.82, 2.24) is 4.90 Å². The third kappa shape index (κ3) is 3.19. The van der Waals surface area contributed by atoms with Crippen LogP contribution in [0.25, 0.3) is 0 Å². The summed E-state index contributed by atoms with van der Waals surface area (Å²) < 4.78 is 5.91. The molecule has 2 amide bonds. The molecule has 2 aliphatic heterocycles. The topological polar surface area (TPSA) is 58.6 Å². The number of rotatable bonds is 3. The molecule has 26 heavy (non-hydrogen) atoms. The lowest BCUT2D eigenvalue weighted by Crippen LogP contribution is -2.51. The molecule has 4 rings (SSSR count). The minimum Gasteiger partial charge on any atom is -0.446 e.